The van der Waals surface area contributed by atoms with Crippen LogP contribution in [0.2, 0.25) is 0 Å². The first-order valence-electron chi connectivity index (χ1n) is 3.38. The number of nitrogens with zero attached hydrogens (tertiary/aromatic N) is 1. The maximum absolute atomic E-state index is 5.25. The molecule has 0 unspecified atom stereocenters. The Morgan fingerprint density at radius 1 is 1.60 bits per heavy atom. The van der Waals surface area contributed by atoms with E-state index in [1.807, 2.05) is 26.0 Å². The van der Waals surface area contributed by atoms with E-state index in [2.05, 4.69) is 4.98 Å². The quantitative estimate of drug-likeness (QED) is 0.620. The molecule has 0 aliphatic carbocycles. The Balaban J connectivity index is 2.75. The third-order valence-electron chi connectivity index (χ3n) is 1.18. The highest BCUT2D eigenvalue weighted by Gasteiger charge is 1.90. The molecule has 1 heterocycles. The van der Waals surface area contributed by atoms with Crippen molar-refractivity contribution >= 4 is 0 Å². The fraction of sp³-hybridized carbons (Fsp3) is 0.375. The van der Waals surface area contributed by atoms with Crippen LogP contribution in [0.5, 0.6) is 5.75 Å². The van der Waals surface area contributed by atoms with Gasteiger partial charge in [0.1, 0.15) is 5.75 Å². The highest BCUT2D eigenvalue weighted by Crippen LogP contribution is 2.09. The summed E-state index contributed by atoms with van der Waals surface area (Å²) >= 11 is 0. The largest absolute Gasteiger partial charge is 0.494 e. The van der Waals surface area contributed by atoms with Crippen LogP contribution in [0.1, 0.15) is 12.6 Å². The molecule has 0 saturated carbocycles. The van der Waals surface area contributed by atoms with E-state index < -0.39 is 0 Å². The Labute approximate surface area is 60.9 Å². The van der Waals surface area contributed by atoms with Crippen LogP contribution in [0, 0.1) is 6.92 Å². The number of pyridine rings is 1. The second kappa shape index (κ2) is 3.20. The van der Waals surface area contributed by atoms with Crippen molar-refractivity contribution < 1.29 is 4.74 Å². The fourth-order valence-corrected chi connectivity index (χ4v) is 0.776. The average Bonchev–Trinajstić information content (AvgIpc) is 1.88. The van der Waals surface area contributed by atoms with Gasteiger partial charge in [-0.3, -0.25) is 4.98 Å². The van der Waals surface area contributed by atoms with Crippen molar-refractivity contribution in [2.75, 3.05) is 6.61 Å². The van der Waals surface area contributed by atoms with Crippen molar-refractivity contribution in [1.82, 2.24) is 4.98 Å². The third-order valence-corrected chi connectivity index (χ3v) is 1.18. The first kappa shape index (κ1) is 7.06. The zero-order chi connectivity index (χ0) is 7.40. The van der Waals surface area contributed by atoms with Crippen molar-refractivity contribution in [2.24, 2.45) is 0 Å². The van der Waals surface area contributed by atoms with E-state index in [0.29, 0.717) is 6.61 Å². The Hall–Kier alpha value is -1.05. The van der Waals surface area contributed by atoms with E-state index in [4.69, 9.17) is 4.74 Å². The van der Waals surface area contributed by atoms with E-state index in [9.17, 15) is 0 Å². The van der Waals surface area contributed by atoms with Gasteiger partial charge < -0.3 is 4.74 Å². The smallest absolute Gasteiger partial charge is 0.122 e. The molecule has 0 aliphatic heterocycles. The molecule has 0 spiro atoms. The van der Waals surface area contributed by atoms with E-state index in [1.165, 1.54) is 0 Å². The molecular formula is C8H11NO. The van der Waals surface area contributed by atoms with Gasteiger partial charge in [-0.25, -0.2) is 0 Å². The van der Waals surface area contributed by atoms with E-state index in [1.54, 1.807) is 6.20 Å². The summed E-state index contributed by atoms with van der Waals surface area (Å²) in [5.74, 6) is 0.898. The third kappa shape index (κ3) is 1.72. The summed E-state index contributed by atoms with van der Waals surface area (Å²) in [7, 11) is 0. The zero-order valence-corrected chi connectivity index (χ0v) is 6.29. The van der Waals surface area contributed by atoms with Crippen LogP contribution in [0.3, 0.4) is 0 Å². The number of hydrogen-bond acceptors (Lipinski definition) is 2. The molecule has 10 heavy (non-hydrogen) atoms. The molecular weight excluding hydrogens is 126 g/mol. The molecule has 1 aromatic rings. The van der Waals surface area contributed by atoms with Crippen molar-refractivity contribution in [1.29, 1.82) is 0 Å². The molecule has 2 nitrogen and oxygen atoms in total. The number of aromatic nitrogens is 1. The van der Waals surface area contributed by atoms with Gasteiger partial charge in [0, 0.05) is 18.0 Å². The first-order valence-corrected chi connectivity index (χ1v) is 3.38. The summed E-state index contributed by atoms with van der Waals surface area (Å²) in [5, 5.41) is 0. The molecule has 2 heteroatoms. The van der Waals surface area contributed by atoms with Crippen LogP contribution in [-0.4, -0.2) is 11.6 Å². The average molecular weight is 137 g/mol. The predicted octanol–water partition coefficient (Wildman–Crippen LogP) is 1.79. The molecule has 0 aromatic carbocycles. The predicted molar refractivity (Wildman–Crippen MR) is 40.1 cm³/mol. The van der Waals surface area contributed by atoms with E-state index >= 15 is 0 Å². The highest BCUT2D eigenvalue weighted by molar-refractivity contribution is 5.21. The Morgan fingerprint density at radius 2 is 2.40 bits per heavy atom. The van der Waals surface area contributed by atoms with Crippen LogP contribution in [-0.2, 0) is 0 Å². The topological polar surface area (TPSA) is 22.1 Å². The number of aryl methyl sites for hydroxylation is 1. The van der Waals surface area contributed by atoms with E-state index in [-0.39, 0.29) is 0 Å². The minimum atomic E-state index is 0.712. The van der Waals surface area contributed by atoms with Crippen LogP contribution in [0.15, 0.2) is 18.3 Å². The van der Waals surface area contributed by atoms with Gasteiger partial charge in [0.2, 0.25) is 0 Å². The second-order valence-electron chi connectivity index (χ2n) is 2.07. The number of hydrogen-bond donors (Lipinski definition) is 0. The molecule has 0 saturated heterocycles. The molecule has 1 aromatic heterocycles. The summed E-state index contributed by atoms with van der Waals surface area (Å²) in [6.07, 6.45) is 1.75. The van der Waals surface area contributed by atoms with Gasteiger partial charge in [-0.05, 0) is 19.9 Å². The van der Waals surface area contributed by atoms with Crippen molar-refractivity contribution in [3.05, 3.63) is 24.0 Å². The lowest BCUT2D eigenvalue weighted by Gasteiger charge is -2.01. The van der Waals surface area contributed by atoms with E-state index in [0.717, 1.165) is 11.4 Å². The molecule has 54 valence electrons. The molecule has 0 radical (unpaired) electrons. The van der Waals surface area contributed by atoms with Gasteiger partial charge in [-0.1, -0.05) is 0 Å². The van der Waals surface area contributed by atoms with Crippen molar-refractivity contribution in [3.63, 3.8) is 0 Å². The molecule has 0 fully saturated rings. The molecule has 0 aliphatic rings. The Bertz CT molecular complexity index is 210. The molecule has 0 amide bonds. The molecule has 0 bridgehead atoms. The second-order valence-corrected chi connectivity index (χ2v) is 2.07. The van der Waals surface area contributed by atoms with Gasteiger partial charge in [0.25, 0.3) is 0 Å². The normalized spacial score (nSPS) is 9.40. The number of rotatable bonds is 2. The SMILES string of the molecule is CCOc1ccnc(C)c1. The maximum Gasteiger partial charge on any atom is 0.122 e. The fourth-order valence-electron chi connectivity index (χ4n) is 0.776. The lowest BCUT2D eigenvalue weighted by Crippen LogP contribution is -1.91. The van der Waals surface area contributed by atoms with Crippen molar-refractivity contribution in [2.45, 2.75) is 13.8 Å². The van der Waals surface area contributed by atoms with Crippen LogP contribution < -0.4 is 4.74 Å². The summed E-state index contributed by atoms with van der Waals surface area (Å²) in [6.45, 7) is 4.63. The van der Waals surface area contributed by atoms with Gasteiger partial charge in [0.15, 0.2) is 0 Å². The van der Waals surface area contributed by atoms with Crippen LogP contribution in [0.25, 0.3) is 0 Å². The number of ether oxygens (including phenoxy) is 1. The standard InChI is InChI=1S/C8H11NO/c1-3-10-8-4-5-9-7(2)6-8/h4-6H,3H2,1-2H3. The zero-order valence-electron chi connectivity index (χ0n) is 6.29. The maximum atomic E-state index is 5.25. The molecule has 0 N–H and O–H groups in total. The molecule has 1 rings (SSSR count). The Morgan fingerprint density at radius 3 is 3.00 bits per heavy atom. The summed E-state index contributed by atoms with van der Waals surface area (Å²) in [5.41, 5.74) is 0.992. The van der Waals surface area contributed by atoms with Crippen molar-refractivity contribution in [3.8, 4) is 5.75 Å². The highest BCUT2D eigenvalue weighted by atomic mass is 16.5. The first-order chi connectivity index (χ1) is 4.83. The van der Waals surface area contributed by atoms with Crippen LogP contribution >= 0.6 is 0 Å². The van der Waals surface area contributed by atoms with Crippen LogP contribution in [0.4, 0.5) is 0 Å². The van der Waals surface area contributed by atoms with Gasteiger partial charge in [-0.2, -0.15) is 0 Å². The monoisotopic (exact) mass is 137 g/mol. The van der Waals surface area contributed by atoms with Gasteiger partial charge in [0.05, 0.1) is 6.61 Å². The molecule has 0 atom stereocenters. The summed E-state index contributed by atoms with van der Waals surface area (Å²) in [6, 6.07) is 3.78. The Kier molecular flexibility index (Phi) is 2.26. The minimum absolute atomic E-state index is 0.712. The van der Waals surface area contributed by atoms with Gasteiger partial charge in [-0.15, -0.1) is 0 Å². The minimum Gasteiger partial charge on any atom is -0.494 e. The summed E-state index contributed by atoms with van der Waals surface area (Å²) < 4.78 is 5.25. The summed E-state index contributed by atoms with van der Waals surface area (Å²) in [4.78, 5) is 4.04. The lowest BCUT2D eigenvalue weighted by atomic mass is 10.4. The van der Waals surface area contributed by atoms with Gasteiger partial charge >= 0.3 is 0 Å². The lowest BCUT2D eigenvalue weighted by molar-refractivity contribution is 0.339.